The molecule has 2 rings (SSSR count). The van der Waals surface area contributed by atoms with Gasteiger partial charge in [-0.1, -0.05) is 32.0 Å². The van der Waals surface area contributed by atoms with E-state index in [9.17, 15) is 20.2 Å². The number of nitrogens with two attached hydrogens (primary N) is 1. The van der Waals surface area contributed by atoms with Crippen LogP contribution in [0.5, 0.6) is 5.75 Å². The van der Waals surface area contributed by atoms with Crippen molar-refractivity contribution in [3.05, 3.63) is 73.8 Å². The van der Waals surface area contributed by atoms with Crippen LogP contribution in [0.2, 0.25) is 0 Å². The van der Waals surface area contributed by atoms with Crippen LogP contribution >= 0.6 is 0 Å². The number of hydrogen-bond acceptors (Lipinski definition) is 7. The van der Waals surface area contributed by atoms with Crippen LogP contribution < -0.4 is 10.5 Å². The zero-order valence-electron chi connectivity index (χ0n) is 16.8. The summed E-state index contributed by atoms with van der Waals surface area (Å²) < 4.78 is 5.06. The molecule has 0 spiro atoms. The summed E-state index contributed by atoms with van der Waals surface area (Å²) in [6.07, 6.45) is 0. The molecule has 0 aliphatic rings. The monoisotopic (exact) mass is 402 g/mol. The summed E-state index contributed by atoms with van der Waals surface area (Å²) >= 11 is 0. The Morgan fingerprint density at radius 2 is 1.59 bits per heavy atom. The first-order chi connectivity index (χ1) is 13.6. The van der Waals surface area contributed by atoms with E-state index >= 15 is 0 Å². The van der Waals surface area contributed by atoms with E-state index in [2.05, 4.69) is 4.90 Å². The number of non-ortho nitro benzene ring substituents is 1. The minimum absolute atomic E-state index is 0.0355. The molecule has 0 saturated carbocycles. The second kappa shape index (κ2) is 9.44. The molecule has 0 unspecified atom stereocenters. The van der Waals surface area contributed by atoms with Gasteiger partial charge in [0.25, 0.3) is 5.69 Å². The fourth-order valence-corrected chi connectivity index (χ4v) is 3.05. The highest BCUT2D eigenvalue weighted by Crippen LogP contribution is 2.29. The lowest BCUT2D eigenvalue weighted by Crippen LogP contribution is -2.38. The Morgan fingerprint density at radius 1 is 1.00 bits per heavy atom. The van der Waals surface area contributed by atoms with Gasteiger partial charge in [-0.3, -0.25) is 25.1 Å². The van der Waals surface area contributed by atoms with E-state index < -0.39 is 9.85 Å². The molecule has 9 nitrogen and oxygen atoms in total. The SMILES string of the molecule is COc1ccc(CN(Cc2ccc([N+](=O)[O-])cc2)CC(C)(C)CN)cc1[N+](=O)[O-]. The van der Waals surface area contributed by atoms with E-state index in [1.165, 1.54) is 25.3 Å². The van der Waals surface area contributed by atoms with Gasteiger partial charge in [-0.05, 0) is 29.2 Å². The minimum atomic E-state index is -0.465. The molecule has 0 radical (unpaired) electrons. The van der Waals surface area contributed by atoms with Crippen molar-refractivity contribution in [2.45, 2.75) is 26.9 Å². The van der Waals surface area contributed by atoms with Gasteiger partial charge in [-0.25, -0.2) is 0 Å². The molecule has 0 aliphatic heterocycles. The van der Waals surface area contributed by atoms with Crippen LogP contribution in [-0.4, -0.2) is 34.9 Å². The second-order valence-corrected chi connectivity index (χ2v) is 7.70. The third-order valence-electron chi connectivity index (χ3n) is 4.60. The Bertz CT molecular complexity index is 868. The largest absolute Gasteiger partial charge is 0.490 e. The van der Waals surface area contributed by atoms with Gasteiger partial charge in [0.1, 0.15) is 0 Å². The molecule has 2 aromatic carbocycles. The summed E-state index contributed by atoms with van der Waals surface area (Å²) in [6.45, 7) is 6.22. The molecule has 9 heteroatoms. The Morgan fingerprint density at radius 3 is 2.10 bits per heavy atom. The molecule has 156 valence electrons. The van der Waals surface area contributed by atoms with Crippen molar-refractivity contribution in [2.75, 3.05) is 20.2 Å². The van der Waals surface area contributed by atoms with Gasteiger partial charge in [0.15, 0.2) is 5.75 Å². The highest BCUT2D eigenvalue weighted by Gasteiger charge is 2.22. The Kier molecular flexibility index (Phi) is 7.24. The van der Waals surface area contributed by atoms with Crippen LogP contribution in [0.1, 0.15) is 25.0 Å². The fourth-order valence-electron chi connectivity index (χ4n) is 3.05. The van der Waals surface area contributed by atoms with E-state index in [1.54, 1.807) is 24.3 Å². The molecule has 2 N–H and O–H groups in total. The second-order valence-electron chi connectivity index (χ2n) is 7.70. The number of nitro benzene ring substituents is 2. The zero-order chi connectivity index (χ0) is 21.6. The van der Waals surface area contributed by atoms with Crippen molar-refractivity contribution >= 4 is 11.4 Å². The summed E-state index contributed by atoms with van der Waals surface area (Å²) in [4.78, 5) is 23.4. The van der Waals surface area contributed by atoms with E-state index in [0.717, 1.165) is 11.1 Å². The van der Waals surface area contributed by atoms with Crippen molar-refractivity contribution in [3.8, 4) is 5.75 Å². The molecule has 2 aromatic rings. The highest BCUT2D eigenvalue weighted by molar-refractivity contribution is 5.48. The van der Waals surface area contributed by atoms with Crippen LogP contribution in [0.3, 0.4) is 0 Å². The van der Waals surface area contributed by atoms with Crippen LogP contribution in [0, 0.1) is 25.6 Å². The van der Waals surface area contributed by atoms with E-state index in [4.69, 9.17) is 10.5 Å². The number of nitro groups is 2. The topological polar surface area (TPSA) is 125 Å². The smallest absolute Gasteiger partial charge is 0.311 e. The number of benzene rings is 2. The third-order valence-corrected chi connectivity index (χ3v) is 4.60. The van der Waals surface area contributed by atoms with Crippen molar-refractivity contribution in [1.29, 1.82) is 0 Å². The first-order valence-corrected chi connectivity index (χ1v) is 9.12. The first-order valence-electron chi connectivity index (χ1n) is 9.12. The lowest BCUT2D eigenvalue weighted by molar-refractivity contribution is -0.385. The van der Waals surface area contributed by atoms with Crippen LogP contribution in [0.4, 0.5) is 11.4 Å². The lowest BCUT2D eigenvalue weighted by atomic mass is 9.92. The van der Waals surface area contributed by atoms with Gasteiger partial charge in [0.05, 0.1) is 17.0 Å². The standard InChI is InChI=1S/C20H26N4O5/c1-20(2,13-21)14-22(11-15-4-7-17(8-5-15)23(25)26)12-16-6-9-19(29-3)18(10-16)24(27)28/h4-10H,11-14,21H2,1-3H3. The van der Waals surface area contributed by atoms with Gasteiger partial charge in [0.2, 0.25) is 0 Å². The summed E-state index contributed by atoms with van der Waals surface area (Å²) in [5.41, 5.74) is 7.35. The molecule has 0 amide bonds. The summed E-state index contributed by atoms with van der Waals surface area (Å²) in [5, 5.41) is 22.2. The number of nitrogens with zero attached hydrogens (tertiary/aromatic N) is 3. The molecular weight excluding hydrogens is 376 g/mol. The van der Waals surface area contributed by atoms with Crippen LogP contribution in [0.15, 0.2) is 42.5 Å². The van der Waals surface area contributed by atoms with E-state index in [1.807, 2.05) is 13.8 Å². The summed E-state index contributed by atoms with van der Waals surface area (Å²) in [6, 6.07) is 11.3. The Hall–Kier alpha value is -3.04. The molecule has 0 saturated heterocycles. The minimum Gasteiger partial charge on any atom is -0.490 e. The van der Waals surface area contributed by atoms with Crippen molar-refractivity contribution in [1.82, 2.24) is 4.90 Å². The van der Waals surface area contributed by atoms with Crippen molar-refractivity contribution in [2.24, 2.45) is 11.1 Å². The van der Waals surface area contributed by atoms with E-state index in [0.29, 0.717) is 26.2 Å². The predicted octanol–water partition coefficient (Wildman–Crippen LogP) is 3.50. The molecule has 0 atom stereocenters. The average Bonchev–Trinajstić information content (AvgIpc) is 2.68. The van der Waals surface area contributed by atoms with Gasteiger partial charge in [-0.2, -0.15) is 0 Å². The quantitative estimate of drug-likeness (QED) is 0.476. The van der Waals surface area contributed by atoms with Crippen LogP contribution in [0.25, 0.3) is 0 Å². The zero-order valence-corrected chi connectivity index (χ0v) is 16.8. The number of rotatable bonds is 10. The molecule has 0 heterocycles. The highest BCUT2D eigenvalue weighted by atomic mass is 16.6. The number of ether oxygens (including phenoxy) is 1. The normalized spacial score (nSPS) is 11.5. The van der Waals surface area contributed by atoms with Gasteiger partial charge >= 0.3 is 5.69 Å². The predicted molar refractivity (Wildman–Crippen MR) is 110 cm³/mol. The maximum atomic E-state index is 11.3. The van der Waals surface area contributed by atoms with Gasteiger partial charge in [0, 0.05) is 37.8 Å². The fraction of sp³-hybridized carbons (Fsp3) is 0.400. The van der Waals surface area contributed by atoms with Crippen molar-refractivity contribution < 1.29 is 14.6 Å². The average molecular weight is 402 g/mol. The molecular formula is C20H26N4O5. The van der Waals surface area contributed by atoms with Gasteiger partial charge < -0.3 is 10.5 Å². The maximum absolute atomic E-state index is 11.3. The molecule has 0 fully saturated rings. The van der Waals surface area contributed by atoms with Crippen LogP contribution in [-0.2, 0) is 13.1 Å². The summed E-state index contributed by atoms with van der Waals surface area (Å²) in [7, 11) is 1.40. The first kappa shape index (κ1) is 22.3. The summed E-state index contributed by atoms with van der Waals surface area (Å²) in [5.74, 6) is 0.211. The maximum Gasteiger partial charge on any atom is 0.311 e. The third kappa shape index (κ3) is 6.23. The molecule has 0 bridgehead atoms. The number of methoxy groups -OCH3 is 1. The number of hydrogen-bond donors (Lipinski definition) is 1. The van der Waals surface area contributed by atoms with Crippen molar-refractivity contribution in [3.63, 3.8) is 0 Å². The Labute approximate surface area is 169 Å². The van der Waals surface area contributed by atoms with E-state index in [-0.39, 0.29) is 22.5 Å². The lowest BCUT2D eigenvalue weighted by Gasteiger charge is -2.32. The molecule has 29 heavy (non-hydrogen) atoms. The molecule has 0 aromatic heterocycles. The Balaban J connectivity index is 2.27. The molecule has 0 aliphatic carbocycles. The van der Waals surface area contributed by atoms with Gasteiger partial charge in [-0.15, -0.1) is 0 Å².